The summed E-state index contributed by atoms with van der Waals surface area (Å²) >= 11 is 1.82. The number of nitrogens with one attached hydrogen (secondary N) is 1. The lowest BCUT2D eigenvalue weighted by molar-refractivity contribution is 0.0951. The topological polar surface area (TPSA) is 34.0 Å². The van der Waals surface area contributed by atoms with Gasteiger partial charge in [-0.1, -0.05) is 49.4 Å². The molecular weight excluding hydrogens is 424 g/mol. The summed E-state index contributed by atoms with van der Waals surface area (Å²) in [6, 6.07) is 25.4. The molecule has 0 bridgehead atoms. The Kier molecular flexibility index (Phi) is 7.24. The summed E-state index contributed by atoms with van der Waals surface area (Å²) in [6.45, 7) is 9.30. The SMILES string of the molecule is CCSc1ccc(CNC(=O)c2ccc3c(c2)c(C)c(Cc2ccccc2)n3C(C)C)cc1. The van der Waals surface area contributed by atoms with Gasteiger partial charge in [0.1, 0.15) is 0 Å². The number of benzene rings is 3. The standard InChI is InChI=1S/C29H32N2OS/c1-5-33-25-14-11-23(12-15-25)19-30-29(32)24-13-16-27-26(18-24)21(4)28(31(27)20(2)3)17-22-9-7-6-8-10-22/h6-16,18,20H,5,17,19H2,1-4H3,(H,30,32). The van der Waals surface area contributed by atoms with Crippen LogP contribution in [0.1, 0.15) is 59.6 Å². The molecule has 0 aliphatic rings. The van der Waals surface area contributed by atoms with Crippen LogP contribution in [0.15, 0.2) is 77.7 Å². The molecule has 0 saturated heterocycles. The number of hydrogen-bond acceptors (Lipinski definition) is 2. The molecule has 0 unspecified atom stereocenters. The summed E-state index contributed by atoms with van der Waals surface area (Å²) in [6.07, 6.45) is 0.882. The van der Waals surface area contributed by atoms with Crippen molar-refractivity contribution < 1.29 is 4.79 Å². The summed E-state index contributed by atoms with van der Waals surface area (Å²) < 4.78 is 2.41. The third-order valence-electron chi connectivity index (χ3n) is 6.06. The van der Waals surface area contributed by atoms with Gasteiger partial charge in [-0.25, -0.2) is 0 Å². The summed E-state index contributed by atoms with van der Waals surface area (Å²) in [5.74, 6) is 1.02. The summed E-state index contributed by atoms with van der Waals surface area (Å²) in [7, 11) is 0. The number of rotatable bonds is 8. The number of hydrogen-bond donors (Lipinski definition) is 1. The van der Waals surface area contributed by atoms with Gasteiger partial charge in [-0.05, 0) is 73.5 Å². The minimum absolute atomic E-state index is 0.0368. The molecule has 4 heteroatoms. The molecule has 1 N–H and O–H groups in total. The highest BCUT2D eigenvalue weighted by molar-refractivity contribution is 7.99. The Morgan fingerprint density at radius 2 is 1.70 bits per heavy atom. The van der Waals surface area contributed by atoms with E-state index >= 15 is 0 Å². The summed E-state index contributed by atoms with van der Waals surface area (Å²) in [5.41, 5.74) is 6.86. The maximum atomic E-state index is 12.9. The second-order valence-electron chi connectivity index (χ2n) is 8.69. The maximum Gasteiger partial charge on any atom is 0.251 e. The molecule has 0 aliphatic heterocycles. The third-order valence-corrected chi connectivity index (χ3v) is 6.96. The van der Waals surface area contributed by atoms with Gasteiger partial charge < -0.3 is 9.88 Å². The quantitative estimate of drug-likeness (QED) is 0.285. The molecular formula is C29H32N2OS. The van der Waals surface area contributed by atoms with Gasteiger partial charge in [0.15, 0.2) is 0 Å². The van der Waals surface area contributed by atoms with Crippen molar-refractivity contribution in [2.45, 2.75) is 51.6 Å². The Hall–Kier alpha value is -2.98. The van der Waals surface area contributed by atoms with E-state index in [4.69, 9.17) is 0 Å². The number of nitrogens with zero attached hydrogens (tertiary/aromatic N) is 1. The van der Waals surface area contributed by atoms with Gasteiger partial charge in [0.2, 0.25) is 0 Å². The number of aromatic nitrogens is 1. The molecule has 0 radical (unpaired) electrons. The molecule has 0 spiro atoms. The van der Waals surface area contributed by atoms with Gasteiger partial charge in [0, 0.05) is 46.1 Å². The number of carbonyl (C=O) groups is 1. The zero-order valence-electron chi connectivity index (χ0n) is 19.9. The van der Waals surface area contributed by atoms with Crippen LogP contribution < -0.4 is 5.32 Å². The van der Waals surface area contributed by atoms with Crippen molar-refractivity contribution >= 4 is 28.6 Å². The number of fused-ring (bicyclic) bond motifs is 1. The molecule has 0 atom stereocenters. The van der Waals surface area contributed by atoms with E-state index in [9.17, 15) is 4.79 Å². The van der Waals surface area contributed by atoms with Crippen molar-refractivity contribution in [1.29, 1.82) is 0 Å². The molecule has 33 heavy (non-hydrogen) atoms. The lowest BCUT2D eigenvalue weighted by Crippen LogP contribution is -2.22. The fourth-order valence-corrected chi connectivity index (χ4v) is 5.08. The smallest absolute Gasteiger partial charge is 0.251 e. The van der Waals surface area contributed by atoms with Gasteiger partial charge in [-0.3, -0.25) is 4.79 Å². The first kappa shape index (κ1) is 23.2. The largest absolute Gasteiger partial charge is 0.348 e. The predicted octanol–water partition coefficient (Wildman–Crippen LogP) is 7.16. The van der Waals surface area contributed by atoms with E-state index < -0.39 is 0 Å². The zero-order valence-corrected chi connectivity index (χ0v) is 20.7. The van der Waals surface area contributed by atoms with Crippen LogP contribution in [-0.2, 0) is 13.0 Å². The fraction of sp³-hybridized carbons (Fsp3) is 0.276. The average molecular weight is 457 g/mol. The lowest BCUT2D eigenvalue weighted by Gasteiger charge is -2.15. The van der Waals surface area contributed by atoms with Crippen LogP contribution in [0.3, 0.4) is 0 Å². The normalized spacial score (nSPS) is 11.3. The Bertz CT molecular complexity index is 1240. The Morgan fingerprint density at radius 3 is 2.36 bits per heavy atom. The molecule has 1 heterocycles. The first-order valence-corrected chi connectivity index (χ1v) is 12.6. The summed E-state index contributed by atoms with van der Waals surface area (Å²) in [5, 5.41) is 4.24. The molecule has 0 aliphatic carbocycles. The van der Waals surface area contributed by atoms with Crippen LogP contribution in [-0.4, -0.2) is 16.2 Å². The second-order valence-corrected chi connectivity index (χ2v) is 10.0. The number of aryl methyl sites for hydroxylation is 1. The molecule has 0 fully saturated rings. The molecule has 0 saturated carbocycles. The minimum atomic E-state index is -0.0368. The highest BCUT2D eigenvalue weighted by atomic mass is 32.2. The van der Waals surface area contributed by atoms with Gasteiger partial charge in [-0.2, -0.15) is 0 Å². The van der Waals surface area contributed by atoms with Crippen molar-refractivity contribution in [2.75, 3.05) is 5.75 Å². The Morgan fingerprint density at radius 1 is 0.970 bits per heavy atom. The van der Waals surface area contributed by atoms with Crippen molar-refractivity contribution in [3.05, 3.63) is 101 Å². The average Bonchev–Trinajstić information content (AvgIpc) is 3.10. The van der Waals surface area contributed by atoms with E-state index in [0.717, 1.165) is 23.1 Å². The van der Waals surface area contributed by atoms with Crippen molar-refractivity contribution in [3.63, 3.8) is 0 Å². The first-order valence-electron chi connectivity index (χ1n) is 11.6. The highest BCUT2D eigenvalue weighted by Crippen LogP contribution is 2.31. The second kappa shape index (κ2) is 10.3. The van der Waals surface area contributed by atoms with Gasteiger partial charge in [-0.15, -0.1) is 11.8 Å². The lowest BCUT2D eigenvalue weighted by atomic mass is 10.0. The Labute approximate surface area is 201 Å². The zero-order chi connectivity index (χ0) is 23.4. The van der Waals surface area contributed by atoms with Gasteiger partial charge in [0.25, 0.3) is 5.91 Å². The maximum absolute atomic E-state index is 12.9. The van der Waals surface area contributed by atoms with E-state index in [-0.39, 0.29) is 5.91 Å². The van der Waals surface area contributed by atoms with Crippen LogP contribution in [0.25, 0.3) is 10.9 Å². The predicted molar refractivity (Wildman–Crippen MR) is 140 cm³/mol. The molecule has 1 aromatic heterocycles. The van der Waals surface area contributed by atoms with Crippen LogP contribution in [0.2, 0.25) is 0 Å². The monoisotopic (exact) mass is 456 g/mol. The number of carbonyl (C=O) groups excluding carboxylic acids is 1. The molecule has 1 amide bonds. The van der Waals surface area contributed by atoms with Crippen LogP contribution >= 0.6 is 11.8 Å². The van der Waals surface area contributed by atoms with E-state index in [2.05, 4.69) is 98.2 Å². The molecule has 3 nitrogen and oxygen atoms in total. The highest BCUT2D eigenvalue weighted by Gasteiger charge is 2.18. The molecule has 3 aromatic carbocycles. The van der Waals surface area contributed by atoms with Crippen molar-refractivity contribution in [1.82, 2.24) is 9.88 Å². The van der Waals surface area contributed by atoms with E-state index in [1.165, 1.54) is 27.2 Å². The van der Waals surface area contributed by atoms with Gasteiger partial charge in [0.05, 0.1) is 0 Å². The van der Waals surface area contributed by atoms with Crippen LogP contribution in [0, 0.1) is 6.92 Å². The van der Waals surface area contributed by atoms with Crippen molar-refractivity contribution in [3.8, 4) is 0 Å². The molecule has 170 valence electrons. The number of amides is 1. The summed E-state index contributed by atoms with van der Waals surface area (Å²) in [4.78, 5) is 14.2. The minimum Gasteiger partial charge on any atom is -0.348 e. The van der Waals surface area contributed by atoms with E-state index in [1.807, 2.05) is 23.9 Å². The van der Waals surface area contributed by atoms with Crippen LogP contribution in [0.5, 0.6) is 0 Å². The van der Waals surface area contributed by atoms with Gasteiger partial charge >= 0.3 is 0 Å². The van der Waals surface area contributed by atoms with E-state index in [1.54, 1.807) is 0 Å². The molecule has 4 rings (SSSR count). The van der Waals surface area contributed by atoms with E-state index in [0.29, 0.717) is 18.2 Å². The Balaban J connectivity index is 1.58. The van der Waals surface area contributed by atoms with Crippen LogP contribution in [0.4, 0.5) is 0 Å². The van der Waals surface area contributed by atoms with Crippen molar-refractivity contribution in [2.24, 2.45) is 0 Å². The fourth-order valence-electron chi connectivity index (χ4n) is 4.42. The third kappa shape index (κ3) is 5.17. The molecule has 4 aromatic rings. The number of thioether (sulfide) groups is 1. The first-order chi connectivity index (χ1) is 16.0.